The Hall–Kier alpha value is -1.15. The Balaban J connectivity index is 2.65. The van der Waals surface area contributed by atoms with Crippen LogP contribution in [0.25, 0.3) is 0 Å². The van der Waals surface area contributed by atoms with Crippen LogP contribution in [0.15, 0.2) is 4.99 Å². The van der Waals surface area contributed by atoms with Crippen LogP contribution in [0.2, 0.25) is 0 Å². The van der Waals surface area contributed by atoms with E-state index in [-0.39, 0.29) is 11.8 Å². The van der Waals surface area contributed by atoms with Crippen molar-refractivity contribution in [2.45, 2.75) is 38.5 Å². The molecule has 0 unspecified atom stereocenters. The van der Waals surface area contributed by atoms with Crippen LogP contribution < -0.4 is 0 Å². The van der Waals surface area contributed by atoms with Crippen LogP contribution >= 0.6 is 0 Å². The van der Waals surface area contributed by atoms with Gasteiger partial charge in [-0.05, 0) is 12.8 Å². The van der Waals surface area contributed by atoms with Gasteiger partial charge in [-0.25, -0.2) is 9.79 Å². The van der Waals surface area contributed by atoms with Crippen molar-refractivity contribution in [3.63, 3.8) is 0 Å². The second-order valence-corrected chi connectivity index (χ2v) is 4.04. The average Bonchev–Trinajstić information content (AvgIpc) is 2.15. The first-order valence-electron chi connectivity index (χ1n) is 4.94. The summed E-state index contributed by atoms with van der Waals surface area (Å²) in [6.45, 7) is 0.322. The lowest BCUT2D eigenvalue weighted by Crippen LogP contribution is -2.30. The maximum absolute atomic E-state index is 10.7. The first-order valence-corrected chi connectivity index (χ1v) is 4.94. The van der Waals surface area contributed by atoms with Crippen LogP contribution in [0.4, 0.5) is 0 Å². The Morgan fingerprint density at radius 2 is 2.00 bits per heavy atom. The number of carbonyl (C=O) groups excluding carboxylic acids is 1. The highest BCUT2D eigenvalue weighted by Gasteiger charge is 2.34. The normalized spacial score (nSPS) is 19.7. The summed E-state index contributed by atoms with van der Waals surface area (Å²) in [4.78, 5) is 24.3. The molecule has 1 aliphatic rings. The van der Waals surface area contributed by atoms with Crippen molar-refractivity contribution in [3.05, 3.63) is 0 Å². The van der Waals surface area contributed by atoms with Crippen molar-refractivity contribution in [1.29, 1.82) is 0 Å². The van der Waals surface area contributed by atoms with Gasteiger partial charge in [-0.2, -0.15) is 0 Å². The monoisotopic (exact) mass is 197 g/mol. The highest BCUT2D eigenvalue weighted by atomic mass is 16.4. The minimum absolute atomic E-state index is 0.123. The van der Waals surface area contributed by atoms with Crippen molar-refractivity contribution in [1.82, 2.24) is 0 Å². The predicted molar refractivity (Wildman–Crippen MR) is 50.8 cm³/mol. The minimum Gasteiger partial charge on any atom is -0.481 e. The molecule has 0 amide bonds. The molecule has 0 aromatic carbocycles. The highest BCUT2D eigenvalue weighted by Crippen LogP contribution is 2.39. The van der Waals surface area contributed by atoms with Crippen LogP contribution in [0.3, 0.4) is 0 Å². The summed E-state index contributed by atoms with van der Waals surface area (Å²) in [5.74, 6) is -0.798. The summed E-state index contributed by atoms with van der Waals surface area (Å²) in [5.41, 5.74) is -0.276. The number of isocyanates is 1. The van der Waals surface area contributed by atoms with Crippen LogP contribution in [-0.4, -0.2) is 23.7 Å². The fourth-order valence-corrected chi connectivity index (χ4v) is 2.21. The lowest BCUT2D eigenvalue weighted by Gasteiger charge is -2.34. The Kier molecular flexibility index (Phi) is 3.84. The number of hydrogen-bond donors (Lipinski definition) is 1. The molecule has 4 heteroatoms. The van der Waals surface area contributed by atoms with E-state index in [4.69, 9.17) is 5.11 Å². The zero-order valence-corrected chi connectivity index (χ0v) is 8.16. The number of hydrogen-bond acceptors (Lipinski definition) is 3. The van der Waals surface area contributed by atoms with Gasteiger partial charge in [0.2, 0.25) is 6.08 Å². The van der Waals surface area contributed by atoms with E-state index >= 15 is 0 Å². The van der Waals surface area contributed by atoms with E-state index in [0.717, 1.165) is 32.1 Å². The van der Waals surface area contributed by atoms with Crippen molar-refractivity contribution >= 4 is 12.0 Å². The maximum Gasteiger partial charge on any atom is 0.303 e. The summed E-state index contributed by atoms with van der Waals surface area (Å²) in [6.07, 6.45) is 6.59. The molecular weight excluding hydrogens is 182 g/mol. The first-order chi connectivity index (χ1) is 6.68. The SMILES string of the molecule is O=C=NCC1(CC(=O)O)CCCCC1. The number of carbonyl (C=O) groups is 1. The molecule has 4 nitrogen and oxygen atoms in total. The zero-order valence-electron chi connectivity index (χ0n) is 8.16. The predicted octanol–water partition coefficient (Wildman–Crippen LogP) is 1.75. The Bertz CT molecular complexity index is 244. The Morgan fingerprint density at radius 3 is 2.50 bits per heavy atom. The van der Waals surface area contributed by atoms with Gasteiger partial charge < -0.3 is 5.11 Å². The molecule has 0 aromatic rings. The Morgan fingerprint density at radius 1 is 1.36 bits per heavy atom. The number of aliphatic imine (C=N–C) groups is 1. The van der Waals surface area contributed by atoms with E-state index in [1.165, 1.54) is 6.08 Å². The number of carboxylic acids is 1. The smallest absolute Gasteiger partial charge is 0.303 e. The highest BCUT2D eigenvalue weighted by molar-refractivity contribution is 5.67. The number of nitrogens with zero attached hydrogens (tertiary/aromatic N) is 1. The molecule has 0 heterocycles. The van der Waals surface area contributed by atoms with Crippen molar-refractivity contribution in [2.24, 2.45) is 10.4 Å². The summed E-state index contributed by atoms with van der Waals surface area (Å²) >= 11 is 0. The van der Waals surface area contributed by atoms with E-state index in [0.29, 0.717) is 6.54 Å². The van der Waals surface area contributed by atoms with Gasteiger partial charge in [0.25, 0.3) is 0 Å². The van der Waals surface area contributed by atoms with Gasteiger partial charge in [0.1, 0.15) is 0 Å². The molecule has 0 bridgehead atoms. The molecule has 0 aliphatic heterocycles. The van der Waals surface area contributed by atoms with E-state index in [1.807, 2.05) is 0 Å². The van der Waals surface area contributed by atoms with Crippen LogP contribution in [0.5, 0.6) is 0 Å². The second-order valence-electron chi connectivity index (χ2n) is 4.04. The number of carboxylic acid groups (broad SMARTS) is 1. The van der Waals surface area contributed by atoms with E-state index < -0.39 is 5.97 Å². The third kappa shape index (κ3) is 2.96. The van der Waals surface area contributed by atoms with Crippen molar-refractivity contribution in [2.75, 3.05) is 6.54 Å². The molecule has 0 radical (unpaired) electrons. The molecule has 78 valence electrons. The second kappa shape index (κ2) is 4.91. The summed E-state index contributed by atoms with van der Waals surface area (Å²) in [6, 6.07) is 0. The topological polar surface area (TPSA) is 66.7 Å². The molecule has 0 aromatic heterocycles. The maximum atomic E-state index is 10.7. The summed E-state index contributed by atoms with van der Waals surface area (Å²) < 4.78 is 0. The van der Waals surface area contributed by atoms with Gasteiger partial charge >= 0.3 is 5.97 Å². The van der Waals surface area contributed by atoms with Gasteiger partial charge in [0, 0.05) is 5.41 Å². The molecule has 1 saturated carbocycles. The van der Waals surface area contributed by atoms with Gasteiger partial charge in [-0.15, -0.1) is 0 Å². The number of aliphatic carboxylic acids is 1. The van der Waals surface area contributed by atoms with Gasteiger partial charge in [-0.3, -0.25) is 4.79 Å². The van der Waals surface area contributed by atoms with Crippen molar-refractivity contribution < 1.29 is 14.7 Å². The van der Waals surface area contributed by atoms with E-state index in [2.05, 4.69) is 4.99 Å². The molecule has 1 rings (SSSR count). The average molecular weight is 197 g/mol. The van der Waals surface area contributed by atoms with Crippen LogP contribution in [0, 0.1) is 5.41 Å². The lowest BCUT2D eigenvalue weighted by atomic mass is 9.72. The first kappa shape index (κ1) is 10.9. The standard InChI is InChI=1S/C10H15NO3/c12-8-11-7-10(6-9(13)14)4-2-1-3-5-10/h1-7H2,(H,13,14). The fraction of sp³-hybridized carbons (Fsp3) is 0.800. The molecule has 1 aliphatic carbocycles. The summed E-state index contributed by atoms with van der Waals surface area (Å²) in [5, 5.41) is 8.79. The van der Waals surface area contributed by atoms with E-state index in [1.54, 1.807) is 0 Å². The Labute approximate surface area is 83.0 Å². The van der Waals surface area contributed by atoms with Crippen LogP contribution in [0.1, 0.15) is 38.5 Å². The van der Waals surface area contributed by atoms with Gasteiger partial charge in [-0.1, -0.05) is 19.3 Å². The van der Waals surface area contributed by atoms with Gasteiger partial charge in [0.15, 0.2) is 0 Å². The fourth-order valence-electron chi connectivity index (χ4n) is 2.21. The van der Waals surface area contributed by atoms with Crippen molar-refractivity contribution in [3.8, 4) is 0 Å². The largest absolute Gasteiger partial charge is 0.481 e. The molecule has 14 heavy (non-hydrogen) atoms. The third-order valence-corrected chi connectivity index (χ3v) is 2.92. The molecule has 0 saturated heterocycles. The molecule has 1 N–H and O–H groups in total. The quantitative estimate of drug-likeness (QED) is 0.551. The molecule has 0 spiro atoms. The molecular formula is C10H15NO3. The molecule has 0 atom stereocenters. The van der Waals surface area contributed by atoms with E-state index in [9.17, 15) is 9.59 Å². The lowest BCUT2D eigenvalue weighted by molar-refractivity contribution is -0.140. The van der Waals surface area contributed by atoms with Gasteiger partial charge in [0.05, 0.1) is 13.0 Å². The zero-order chi connectivity index (χ0) is 10.4. The number of rotatable bonds is 4. The van der Waals surface area contributed by atoms with Crippen LogP contribution in [-0.2, 0) is 9.59 Å². The third-order valence-electron chi connectivity index (χ3n) is 2.92. The minimum atomic E-state index is -0.798. The molecule has 1 fully saturated rings. The summed E-state index contributed by atoms with van der Waals surface area (Å²) in [7, 11) is 0.